The van der Waals surface area contributed by atoms with E-state index in [0.717, 1.165) is 6.20 Å². The first-order valence-corrected chi connectivity index (χ1v) is 4.61. The van der Waals surface area contributed by atoms with Gasteiger partial charge in [-0.3, -0.25) is 10.1 Å². The zero-order valence-corrected chi connectivity index (χ0v) is 9.06. The number of nitrogens with one attached hydrogen (secondary N) is 2. The average molecular weight is 227 g/mol. The summed E-state index contributed by atoms with van der Waals surface area (Å²) in [6, 6.07) is 0. The first kappa shape index (κ1) is 12.1. The standard InChI is InChI=1S/C8H13N5O3/c1-9-8-11-5-6(13(14)15)7(12-8)10-3-4-16-2/h5H,3-4H2,1-2H3,(H2,9,10,11,12). The highest BCUT2D eigenvalue weighted by Gasteiger charge is 2.16. The molecule has 0 spiro atoms. The lowest BCUT2D eigenvalue weighted by molar-refractivity contribution is -0.384. The van der Waals surface area contributed by atoms with E-state index in [1.807, 2.05) is 0 Å². The summed E-state index contributed by atoms with van der Waals surface area (Å²) < 4.78 is 4.83. The minimum absolute atomic E-state index is 0.157. The van der Waals surface area contributed by atoms with Crippen LogP contribution in [-0.2, 0) is 4.74 Å². The lowest BCUT2D eigenvalue weighted by Crippen LogP contribution is -2.12. The van der Waals surface area contributed by atoms with Gasteiger partial charge in [0.2, 0.25) is 11.8 Å². The molecule has 0 bridgehead atoms. The van der Waals surface area contributed by atoms with Crippen LogP contribution < -0.4 is 10.6 Å². The number of anilines is 2. The molecule has 0 aliphatic carbocycles. The Morgan fingerprint density at radius 3 is 2.94 bits per heavy atom. The maximum Gasteiger partial charge on any atom is 0.329 e. The van der Waals surface area contributed by atoms with Crippen LogP contribution in [0.25, 0.3) is 0 Å². The van der Waals surface area contributed by atoms with E-state index in [1.54, 1.807) is 14.2 Å². The Labute approximate surface area is 92.2 Å². The molecule has 0 atom stereocenters. The molecule has 0 aliphatic heterocycles. The zero-order valence-electron chi connectivity index (χ0n) is 9.06. The number of nitro groups is 1. The summed E-state index contributed by atoms with van der Waals surface area (Å²) in [6.07, 6.45) is 1.16. The van der Waals surface area contributed by atoms with Crippen LogP contribution in [0.4, 0.5) is 17.5 Å². The van der Waals surface area contributed by atoms with Crippen molar-refractivity contribution in [1.82, 2.24) is 9.97 Å². The van der Waals surface area contributed by atoms with E-state index in [-0.39, 0.29) is 11.5 Å². The minimum Gasteiger partial charge on any atom is -0.383 e. The maximum atomic E-state index is 10.7. The van der Waals surface area contributed by atoms with Crippen molar-refractivity contribution in [2.45, 2.75) is 0 Å². The van der Waals surface area contributed by atoms with Gasteiger partial charge in [-0.05, 0) is 0 Å². The third-order valence-electron chi connectivity index (χ3n) is 1.79. The third kappa shape index (κ3) is 3.02. The van der Waals surface area contributed by atoms with Gasteiger partial charge >= 0.3 is 5.69 Å². The molecule has 8 nitrogen and oxygen atoms in total. The lowest BCUT2D eigenvalue weighted by Gasteiger charge is -2.06. The Balaban J connectivity index is 2.87. The molecule has 88 valence electrons. The number of ether oxygens (including phenoxy) is 1. The molecule has 0 radical (unpaired) electrons. The quantitative estimate of drug-likeness (QED) is 0.414. The number of hydrogen-bond acceptors (Lipinski definition) is 7. The van der Waals surface area contributed by atoms with Gasteiger partial charge in [-0.25, -0.2) is 4.98 Å². The van der Waals surface area contributed by atoms with Crippen LogP contribution in [0.5, 0.6) is 0 Å². The molecule has 0 amide bonds. The van der Waals surface area contributed by atoms with Crippen molar-refractivity contribution in [2.75, 3.05) is 37.9 Å². The van der Waals surface area contributed by atoms with Gasteiger partial charge in [0.25, 0.3) is 0 Å². The predicted octanol–water partition coefficient (Wildman–Crippen LogP) is 0.485. The average Bonchev–Trinajstić information content (AvgIpc) is 2.29. The first-order valence-electron chi connectivity index (χ1n) is 4.61. The number of methoxy groups -OCH3 is 1. The lowest BCUT2D eigenvalue weighted by atomic mass is 10.4. The fourth-order valence-corrected chi connectivity index (χ4v) is 1.03. The van der Waals surface area contributed by atoms with Crippen molar-refractivity contribution >= 4 is 17.5 Å². The van der Waals surface area contributed by atoms with Gasteiger partial charge in [0, 0.05) is 20.7 Å². The summed E-state index contributed by atoms with van der Waals surface area (Å²) in [4.78, 5) is 17.9. The molecule has 1 aromatic rings. The van der Waals surface area contributed by atoms with Gasteiger partial charge in [-0.15, -0.1) is 0 Å². The second-order valence-corrected chi connectivity index (χ2v) is 2.85. The van der Waals surface area contributed by atoms with Gasteiger partial charge in [-0.1, -0.05) is 0 Å². The van der Waals surface area contributed by atoms with E-state index >= 15 is 0 Å². The largest absolute Gasteiger partial charge is 0.383 e. The maximum absolute atomic E-state index is 10.7. The van der Waals surface area contributed by atoms with Crippen LogP contribution in [0.1, 0.15) is 0 Å². The van der Waals surface area contributed by atoms with Gasteiger partial charge in [0.15, 0.2) is 0 Å². The molecular weight excluding hydrogens is 214 g/mol. The summed E-state index contributed by atoms with van der Waals surface area (Å²) in [7, 11) is 3.19. The second kappa shape index (κ2) is 5.81. The zero-order chi connectivity index (χ0) is 12.0. The van der Waals surface area contributed by atoms with Gasteiger partial charge in [-0.2, -0.15) is 4.98 Å². The van der Waals surface area contributed by atoms with Gasteiger partial charge in [0.05, 0.1) is 11.5 Å². The van der Waals surface area contributed by atoms with E-state index in [1.165, 1.54) is 0 Å². The molecule has 0 unspecified atom stereocenters. The molecule has 0 saturated carbocycles. The molecular formula is C8H13N5O3. The smallest absolute Gasteiger partial charge is 0.329 e. The Morgan fingerprint density at radius 2 is 2.38 bits per heavy atom. The number of rotatable bonds is 6. The molecule has 0 aromatic carbocycles. The fourth-order valence-electron chi connectivity index (χ4n) is 1.03. The molecule has 1 rings (SSSR count). The predicted molar refractivity (Wildman–Crippen MR) is 58.6 cm³/mol. The summed E-state index contributed by atoms with van der Waals surface area (Å²) in [5, 5.41) is 16.2. The third-order valence-corrected chi connectivity index (χ3v) is 1.79. The van der Waals surface area contributed by atoms with Crippen LogP contribution in [0, 0.1) is 10.1 Å². The minimum atomic E-state index is -0.533. The van der Waals surface area contributed by atoms with Crippen LogP contribution >= 0.6 is 0 Å². The molecule has 1 heterocycles. The fraction of sp³-hybridized carbons (Fsp3) is 0.500. The molecule has 1 aromatic heterocycles. The number of hydrogen-bond donors (Lipinski definition) is 2. The molecule has 0 fully saturated rings. The topological polar surface area (TPSA) is 102 Å². The van der Waals surface area contributed by atoms with Crippen molar-refractivity contribution in [3.63, 3.8) is 0 Å². The van der Waals surface area contributed by atoms with Gasteiger partial charge < -0.3 is 15.4 Å². The van der Waals surface area contributed by atoms with Crippen molar-refractivity contribution < 1.29 is 9.66 Å². The number of nitrogens with zero attached hydrogens (tertiary/aromatic N) is 3. The monoisotopic (exact) mass is 227 g/mol. The summed E-state index contributed by atoms with van der Waals surface area (Å²) >= 11 is 0. The van der Waals surface area contributed by atoms with E-state index in [9.17, 15) is 10.1 Å². The van der Waals surface area contributed by atoms with Crippen molar-refractivity contribution in [3.8, 4) is 0 Å². The van der Waals surface area contributed by atoms with E-state index in [0.29, 0.717) is 19.1 Å². The van der Waals surface area contributed by atoms with Crippen LogP contribution in [0.15, 0.2) is 6.20 Å². The highest BCUT2D eigenvalue weighted by molar-refractivity contribution is 5.56. The summed E-state index contributed by atoms with van der Waals surface area (Å²) in [6.45, 7) is 0.882. The highest BCUT2D eigenvalue weighted by atomic mass is 16.6. The van der Waals surface area contributed by atoms with Crippen LogP contribution in [0.3, 0.4) is 0 Å². The summed E-state index contributed by atoms with van der Waals surface area (Å²) in [5.74, 6) is 0.506. The Morgan fingerprint density at radius 1 is 1.62 bits per heavy atom. The molecule has 8 heteroatoms. The Hall–Kier alpha value is -1.96. The number of aromatic nitrogens is 2. The van der Waals surface area contributed by atoms with Crippen LogP contribution in [0.2, 0.25) is 0 Å². The van der Waals surface area contributed by atoms with Crippen LogP contribution in [-0.4, -0.2) is 42.2 Å². The highest BCUT2D eigenvalue weighted by Crippen LogP contribution is 2.21. The first-order chi connectivity index (χ1) is 7.69. The van der Waals surface area contributed by atoms with E-state index in [4.69, 9.17) is 4.74 Å². The van der Waals surface area contributed by atoms with E-state index in [2.05, 4.69) is 20.6 Å². The Bertz CT molecular complexity index is 371. The molecule has 2 N–H and O–H groups in total. The molecule has 16 heavy (non-hydrogen) atoms. The summed E-state index contributed by atoms with van der Waals surface area (Å²) in [5.41, 5.74) is -0.157. The SMILES string of the molecule is CNc1ncc([N+](=O)[O-])c(NCCOC)n1. The molecule has 0 saturated heterocycles. The normalized spacial score (nSPS) is 9.88. The second-order valence-electron chi connectivity index (χ2n) is 2.85. The molecule has 0 aliphatic rings. The van der Waals surface area contributed by atoms with E-state index < -0.39 is 4.92 Å². The van der Waals surface area contributed by atoms with Crippen molar-refractivity contribution in [1.29, 1.82) is 0 Å². The van der Waals surface area contributed by atoms with Crippen molar-refractivity contribution in [2.24, 2.45) is 0 Å². The van der Waals surface area contributed by atoms with Gasteiger partial charge in [0.1, 0.15) is 6.20 Å². The Kier molecular flexibility index (Phi) is 4.40. The van der Waals surface area contributed by atoms with Crippen molar-refractivity contribution in [3.05, 3.63) is 16.3 Å².